The first-order valence-electron chi connectivity index (χ1n) is 11.6. The molecule has 10 heteroatoms. The molecule has 2 aromatic heterocycles. The average Bonchev–Trinajstić information content (AvgIpc) is 3.57. The van der Waals surface area contributed by atoms with Gasteiger partial charge in [0.25, 0.3) is 11.5 Å². The molecular formula is C23H27N5O5. The molecule has 33 heavy (non-hydrogen) atoms. The molecular weight excluding hydrogens is 426 g/mol. The van der Waals surface area contributed by atoms with E-state index in [4.69, 9.17) is 4.74 Å². The van der Waals surface area contributed by atoms with E-state index < -0.39 is 17.3 Å². The van der Waals surface area contributed by atoms with Crippen molar-refractivity contribution in [1.82, 2.24) is 24.4 Å². The Bertz CT molecular complexity index is 1250. The van der Waals surface area contributed by atoms with Crippen LogP contribution < -0.4 is 10.9 Å². The van der Waals surface area contributed by atoms with Gasteiger partial charge in [-0.2, -0.15) is 9.61 Å². The summed E-state index contributed by atoms with van der Waals surface area (Å²) in [5, 5.41) is 18.0. The van der Waals surface area contributed by atoms with Crippen LogP contribution in [0.2, 0.25) is 0 Å². The van der Waals surface area contributed by atoms with E-state index in [1.165, 1.54) is 15.2 Å². The Kier molecular flexibility index (Phi) is 4.45. The monoisotopic (exact) mass is 453 g/mol. The lowest BCUT2D eigenvalue weighted by Crippen LogP contribution is -2.40. The Morgan fingerprint density at radius 2 is 2.15 bits per heavy atom. The van der Waals surface area contributed by atoms with E-state index in [9.17, 15) is 19.5 Å². The van der Waals surface area contributed by atoms with Crippen molar-refractivity contribution in [2.75, 3.05) is 13.2 Å². The normalized spacial score (nSPS) is 25.3. The maximum atomic E-state index is 13.3. The minimum atomic E-state index is -0.578. The Morgan fingerprint density at radius 1 is 1.36 bits per heavy atom. The number of amides is 2. The molecule has 0 spiro atoms. The van der Waals surface area contributed by atoms with E-state index in [0.29, 0.717) is 31.0 Å². The summed E-state index contributed by atoms with van der Waals surface area (Å²) in [6.07, 6.45) is 7.77. The van der Waals surface area contributed by atoms with E-state index in [-0.39, 0.29) is 35.1 Å². The second-order valence-electron chi connectivity index (χ2n) is 10.2. The summed E-state index contributed by atoms with van der Waals surface area (Å²) in [6, 6.07) is 1.84. The number of hydrogen-bond donors (Lipinski definition) is 2. The number of aromatic hydroxyl groups is 1. The van der Waals surface area contributed by atoms with Gasteiger partial charge in [-0.1, -0.05) is 6.92 Å². The zero-order valence-electron chi connectivity index (χ0n) is 18.5. The van der Waals surface area contributed by atoms with Crippen LogP contribution in [0.25, 0.3) is 11.7 Å². The van der Waals surface area contributed by atoms with E-state index in [1.54, 1.807) is 12.1 Å². The number of fused-ring (bicyclic) bond motifs is 3. The lowest BCUT2D eigenvalue weighted by Gasteiger charge is -2.25. The second-order valence-corrected chi connectivity index (χ2v) is 10.2. The van der Waals surface area contributed by atoms with Gasteiger partial charge in [0.15, 0.2) is 5.56 Å². The number of nitrogens with one attached hydrogen (secondary N) is 1. The summed E-state index contributed by atoms with van der Waals surface area (Å²) in [7, 11) is 0. The van der Waals surface area contributed by atoms with Crippen molar-refractivity contribution < 1.29 is 19.4 Å². The van der Waals surface area contributed by atoms with E-state index in [1.807, 2.05) is 4.90 Å². The summed E-state index contributed by atoms with van der Waals surface area (Å²) >= 11 is 0. The first-order valence-corrected chi connectivity index (χ1v) is 11.6. The number of likely N-dealkylation sites (tertiary alicyclic amines) is 1. The summed E-state index contributed by atoms with van der Waals surface area (Å²) in [5.74, 6) is -1.17. The summed E-state index contributed by atoms with van der Waals surface area (Å²) in [4.78, 5) is 40.5. The minimum absolute atomic E-state index is 0.0150. The molecule has 0 aromatic carbocycles. The van der Waals surface area contributed by atoms with Crippen LogP contribution in [-0.4, -0.2) is 67.3 Å². The van der Waals surface area contributed by atoms with Gasteiger partial charge in [0.1, 0.15) is 5.65 Å². The molecule has 0 radical (unpaired) electrons. The van der Waals surface area contributed by atoms with Gasteiger partial charge in [-0.25, -0.2) is 0 Å². The van der Waals surface area contributed by atoms with Crippen LogP contribution in [0.3, 0.4) is 0 Å². The van der Waals surface area contributed by atoms with Crippen LogP contribution in [0.15, 0.2) is 16.9 Å². The van der Waals surface area contributed by atoms with Gasteiger partial charge in [0.2, 0.25) is 11.8 Å². The highest BCUT2D eigenvalue weighted by Crippen LogP contribution is 2.46. The molecule has 2 bridgehead atoms. The zero-order chi connectivity index (χ0) is 22.9. The number of ether oxygens (including phenoxy) is 1. The number of carbonyl (C=O) groups is 2. The molecule has 2 N–H and O–H groups in total. The van der Waals surface area contributed by atoms with Crippen molar-refractivity contribution in [1.29, 1.82) is 0 Å². The maximum Gasteiger partial charge on any atom is 0.270 e. The lowest BCUT2D eigenvalue weighted by atomic mass is 10.1. The molecule has 2 aromatic rings. The van der Waals surface area contributed by atoms with Gasteiger partial charge < -0.3 is 20.1 Å². The average molecular weight is 453 g/mol. The van der Waals surface area contributed by atoms with E-state index in [0.717, 1.165) is 32.1 Å². The van der Waals surface area contributed by atoms with Crippen molar-refractivity contribution in [3.8, 4) is 5.88 Å². The molecule has 4 heterocycles. The number of aromatic nitrogens is 3. The van der Waals surface area contributed by atoms with Gasteiger partial charge in [-0.15, -0.1) is 0 Å². The maximum absolute atomic E-state index is 13.3. The third kappa shape index (κ3) is 3.62. The molecule has 10 nitrogen and oxygen atoms in total. The Morgan fingerprint density at radius 3 is 2.79 bits per heavy atom. The van der Waals surface area contributed by atoms with Gasteiger partial charge in [0.05, 0.1) is 24.4 Å². The fourth-order valence-electron chi connectivity index (χ4n) is 4.77. The van der Waals surface area contributed by atoms with Crippen molar-refractivity contribution >= 4 is 23.5 Å². The standard InChI is InChI=1S/C23H27N5O5/c1-23(6-7-23)12-27-17-8-14(4-5-18(29)26-10-16-9-15(26)11-33-16)25-28(17)22(32)19(21(27)31)20(30)24-13-2-3-13/h4-5,8,13,15-16,32H,2-3,6-7,9-12H2,1H3,(H,24,30)/b5-4+/t15-,16-/m0/s1. The van der Waals surface area contributed by atoms with Crippen LogP contribution in [0.1, 0.15) is 55.1 Å². The third-order valence-corrected chi connectivity index (χ3v) is 7.23. The van der Waals surface area contributed by atoms with Crippen LogP contribution in [0.4, 0.5) is 0 Å². The molecule has 2 aliphatic heterocycles. The quantitative estimate of drug-likeness (QED) is 0.628. The highest BCUT2D eigenvalue weighted by Gasteiger charge is 2.41. The van der Waals surface area contributed by atoms with Crippen LogP contribution in [0, 0.1) is 5.41 Å². The molecule has 4 fully saturated rings. The summed E-state index contributed by atoms with van der Waals surface area (Å²) < 4.78 is 8.30. The number of carbonyl (C=O) groups excluding carboxylic acids is 2. The fraction of sp³-hybridized carbons (Fsp3) is 0.565. The number of morpholine rings is 1. The molecule has 2 atom stereocenters. The van der Waals surface area contributed by atoms with Gasteiger partial charge in [-0.3, -0.25) is 19.0 Å². The van der Waals surface area contributed by atoms with Gasteiger partial charge in [-0.05, 0) is 43.6 Å². The largest absolute Gasteiger partial charge is 0.492 e. The topological polar surface area (TPSA) is 118 Å². The van der Waals surface area contributed by atoms with Crippen molar-refractivity contribution in [2.24, 2.45) is 5.41 Å². The van der Waals surface area contributed by atoms with Crippen LogP contribution in [-0.2, 0) is 16.1 Å². The Hall–Kier alpha value is -3.14. The first-order chi connectivity index (χ1) is 15.8. The third-order valence-electron chi connectivity index (χ3n) is 7.23. The molecule has 6 rings (SSSR count). The molecule has 174 valence electrons. The molecule has 4 aliphatic rings. The first kappa shape index (κ1) is 20.5. The fourth-order valence-corrected chi connectivity index (χ4v) is 4.77. The van der Waals surface area contributed by atoms with E-state index in [2.05, 4.69) is 17.3 Å². The van der Waals surface area contributed by atoms with Crippen molar-refractivity contribution in [3.05, 3.63) is 33.8 Å². The van der Waals surface area contributed by atoms with Crippen molar-refractivity contribution in [3.63, 3.8) is 0 Å². The number of nitrogens with zero attached hydrogens (tertiary/aromatic N) is 4. The van der Waals surface area contributed by atoms with Crippen LogP contribution in [0.5, 0.6) is 5.88 Å². The molecule has 2 saturated heterocycles. The Labute approximate surface area is 189 Å². The molecule has 2 aliphatic carbocycles. The zero-order valence-corrected chi connectivity index (χ0v) is 18.5. The number of hydrogen-bond acceptors (Lipinski definition) is 6. The minimum Gasteiger partial charge on any atom is -0.492 e. The van der Waals surface area contributed by atoms with Crippen LogP contribution >= 0.6 is 0 Å². The van der Waals surface area contributed by atoms with E-state index >= 15 is 0 Å². The second kappa shape index (κ2) is 7.18. The highest BCUT2D eigenvalue weighted by molar-refractivity contribution is 5.96. The lowest BCUT2D eigenvalue weighted by molar-refractivity contribution is -0.130. The van der Waals surface area contributed by atoms with Crippen molar-refractivity contribution in [2.45, 2.75) is 63.8 Å². The Balaban J connectivity index is 1.36. The highest BCUT2D eigenvalue weighted by atomic mass is 16.5. The van der Waals surface area contributed by atoms with Gasteiger partial charge >= 0.3 is 0 Å². The number of rotatable bonds is 6. The van der Waals surface area contributed by atoms with Gasteiger partial charge in [0, 0.05) is 31.3 Å². The predicted octanol–water partition coefficient (Wildman–Crippen LogP) is 0.907. The summed E-state index contributed by atoms with van der Waals surface area (Å²) in [5.41, 5.74) is -0.00594. The molecule has 0 unspecified atom stereocenters. The molecule has 2 amide bonds. The summed E-state index contributed by atoms with van der Waals surface area (Å²) in [6.45, 7) is 3.70. The SMILES string of the molecule is CC1(Cn2c(=O)c(C(=O)NC3CC3)c(O)n3nc(/C=C/C(=O)N4C[C@@H]5C[C@H]4CO5)cc23)CC1. The smallest absolute Gasteiger partial charge is 0.270 e. The predicted molar refractivity (Wildman–Crippen MR) is 118 cm³/mol. The molecule has 2 saturated carbocycles.